The molecular formula is C16H19N3O. The third kappa shape index (κ3) is 2.51. The van der Waals surface area contributed by atoms with Crippen LogP contribution in [0.15, 0.2) is 30.5 Å². The summed E-state index contributed by atoms with van der Waals surface area (Å²) in [5.74, 6) is 2.33. The highest BCUT2D eigenvalue weighted by Gasteiger charge is 2.21. The largest absolute Gasteiger partial charge is 0.494 e. The molecule has 2 aromatic rings. The van der Waals surface area contributed by atoms with Gasteiger partial charge < -0.3 is 10.1 Å². The smallest absolute Gasteiger partial charge is 0.134 e. The lowest BCUT2D eigenvalue weighted by Gasteiger charge is -2.25. The first-order valence-electron chi connectivity index (χ1n) is 7.05. The number of aromatic nitrogens is 2. The van der Waals surface area contributed by atoms with Gasteiger partial charge >= 0.3 is 0 Å². The van der Waals surface area contributed by atoms with Gasteiger partial charge in [0.2, 0.25) is 0 Å². The van der Waals surface area contributed by atoms with Crippen LogP contribution in [0.1, 0.15) is 24.2 Å². The molecule has 1 saturated heterocycles. The monoisotopic (exact) mass is 269 g/mol. The summed E-state index contributed by atoms with van der Waals surface area (Å²) in [4.78, 5) is 9.07. The van der Waals surface area contributed by atoms with Crippen LogP contribution >= 0.6 is 0 Å². The first kappa shape index (κ1) is 13.1. The van der Waals surface area contributed by atoms with Gasteiger partial charge in [-0.1, -0.05) is 0 Å². The van der Waals surface area contributed by atoms with Crippen LogP contribution in [0.3, 0.4) is 0 Å². The van der Waals surface area contributed by atoms with Gasteiger partial charge in [0.15, 0.2) is 0 Å². The van der Waals surface area contributed by atoms with Crippen molar-refractivity contribution < 1.29 is 4.74 Å². The molecule has 1 aromatic heterocycles. The Morgan fingerprint density at radius 3 is 2.80 bits per heavy atom. The zero-order chi connectivity index (χ0) is 13.9. The Hall–Kier alpha value is -1.94. The van der Waals surface area contributed by atoms with Gasteiger partial charge in [-0.15, -0.1) is 0 Å². The first-order chi connectivity index (χ1) is 9.78. The van der Waals surface area contributed by atoms with E-state index < -0.39 is 0 Å². The maximum atomic E-state index is 5.57. The number of aryl methyl sites for hydroxylation is 1. The average Bonchev–Trinajstić information content (AvgIpc) is 2.40. The molecule has 0 spiro atoms. The van der Waals surface area contributed by atoms with Crippen molar-refractivity contribution in [3.8, 4) is 17.0 Å². The number of hydrogen-bond donors (Lipinski definition) is 1. The molecule has 1 aromatic carbocycles. The molecule has 0 unspecified atom stereocenters. The molecule has 2 heterocycles. The quantitative estimate of drug-likeness (QED) is 0.926. The van der Waals surface area contributed by atoms with Crippen LogP contribution in [-0.2, 0) is 0 Å². The van der Waals surface area contributed by atoms with Crippen LogP contribution in [0, 0.1) is 6.92 Å². The van der Waals surface area contributed by atoms with E-state index in [4.69, 9.17) is 4.74 Å². The van der Waals surface area contributed by atoms with Crippen LogP contribution in [0.25, 0.3) is 11.3 Å². The van der Waals surface area contributed by atoms with E-state index in [9.17, 15) is 0 Å². The number of nitrogens with zero attached hydrogens (tertiary/aromatic N) is 2. The Kier molecular flexibility index (Phi) is 3.65. The third-order valence-electron chi connectivity index (χ3n) is 3.59. The fraction of sp³-hybridized carbons (Fsp3) is 0.375. The number of benzene rings is 1. The van der Waals surface area contributed by atoms with Crippen molar-refractivity contribution in [1.82, 2.24) is 15.3 Å². The molecule has 3 rings (SSSR count). The van der Waals surface area contributed by atoms with Gasteiger partial charge in [0.1, 0.15) is 11.6 Å². The van der Waals surface area contributed by atoms with Gasteiger partial charge in [-0.05, 0) is 43.7 Å². The minimum absolute atomic E-state index is 0.457. The van der Waals surface area contributed by atoms with Crippen LogP contribution in [0.2, 0.25) is 0 Å². The summed E-state index contributed by atoms with van der Waals surface area (Å²) in [5, 5.41) is 3.25. The molecule has 4 nitrogen and oxygen atoms in total. The normalized spacial score (nSPS) is 14.9. The van der Waals surface area contributed by atoms with E-state index in [1.54, 1.807) is 0 Å². The molecule has 1 aliphatic heterocycles. The average molecular weight is 269 g/mol. The highest BCUT2D eigenvalue weighted by molar-refractivity contribution is 5.61. The summed E-state index contributed by atoms with van der Waals surface area (Å²) in [6.07, 6.45) is 1.85. The van der Waals surface area contributed by atoms with Crippen LogP contribution in [-0.4, -0.2) is 29.7 Å². The maximum absolute atomic E-state index is 5.57. The van der Waals surface area contributed by atoms with Crippen LogP contribution in [0.4, 0.5) is 0 Å². The van der Waals surface area contributed by atoms with Crippen molar-refractivity contribution in [2.45, 2.75) is 19.8 Å². The highest BCUT2D eigenvalue weighted by Crippen LogP contribution is 2.26. The molecule has 0 radical (unpaired) electrons. The SMILES string of the molecule is CCOc1ccc(-c2ccnc(C3CNC3)n2)cc1C. The fourth-order valence-corrected chi connectivity index (χ4v) is 2.33. The summed E-state index contributed by atoms with van der Waals surface area (Å²) >= 11 is 0. The molecule has 104 valence electrons. The fourth-order valence-electron chi connectivity index (χ4n) is 2.33. The number of rotatable bonds is 4. The van der Waals surface area contributed by atoms with Crippen molar-refractivity contribution in [1.29, 1.82) is 0 Å². The van der Waals surface area contributed by atoms with E-state index in [-0.39, 0.29) is 0 Å². The Morgan fingerprint density at radius 2 is 2.15 bits per heavy atom. The Bertz CT molecular complexity index is 608. The summed E-state index contributed by atoms with van der Waals surface area (Å²) in [7, 11) is 0. The van der Waals surface area contributed by atoms with Gasteiger partial charge in [0.25, 0.3) is 0 Å². The van der Waals surface area contributed by atoms with E-state index in [1.165, 1.54) is 0 Å². The maximum Gasteiger partial charge on any atom is 0.134 e. The van der Waals surface area contributed by atoms with E-state index in [0.29, 0.717) is 12.5 Å². The molecule has 0 aliphatic carbocycles. The predicted octanol–water partition coefficient (Wildman–Crippen LogP) is 2.54. The summed E-state index contributed by atoms with van der Waals surface area (Å²) < 4.78 is 5.57. The van der Waals surface area contributed by atoms with Gasteiger partial charge in [0.05, 0.1) is 12.3 Å². The number of hydrogen-bond acceptors (Lipinski definition) is 4. The molecule has 20 heavy (non-hydrogen) atoms. The Balaban J connectivity index is 1.90. The molecule has 0 bridgehead atoms. The standard InChI is InChI=1S/C16H19N3O/c1-3-20-15-5-4-12(8-11(15)2)14-6-7-18-16(19-14)13-9-17-10-13/h4-8,13,17H,3,9-10H2,1-2H3. The Morgan fingerprint density at radius 1 is 1.30 bits per heavy atom. The van der Waals surface area contributed by atoms with Crippen molar-refractivity contribution in [3.63, 3.8) is 0 Å². The van der Waals surface area contributed by atoms with Crippen molar-refractivity contribution >= 4 is 0 Å². The van der Waals surface area contributed by atoms with E-state index >= 15 is 0 Å². The Labute approximate surface area is 119 Å². The molecular weight excluding hydrogens is 250 g/mol. The molecule has 1 N–H and O–H groups in total. The van der Waals surface area contributed by atoms with E-state index in [1.807, 2.05) is 25.3 Å². The lowest BCUT2D eigenvalue weighted by Crippen LogP contribution is -2.40. The lowest BCUT2D eigenvalue weighted by molar-refractivity contribution is 0.338. The first-order valence-corrected chi connectivity index (χ1v) is 7.05. The molecule has 4 heteroatoms. The lowest BCUT2D eigenvalue weighted by atomic mass is 10.0. The predicted molar refractivity (Wildman–Crippen MR) is 79.0 cm³/mol. The second kappa shape index (κ2) is 5.59. The summed E-state index contributed by atoms with van der Waals surface area (Å²) in [6.45, 7) is 6.70. The van der Waals surface area contributed by atoms with Gasteiger partial charge in [0, 0.05) is 30.8 Å². The molecule has 0 saturated carbocycles. The summed E-state index contributed by atoms with van der Waals surface area (Å²) in [6, 6.07) is 8.16. The van der Waals surface area contributed by atoms with Crippen molar-refractivity contribution in [2.75, 3.05) is 19.7 Å². The van der Waals surface area contributed by atoms with Crippen LogP contribution < -0.4 is 10.1 Å². The molecule has 1 fully saturated rings. The van der Waals surface area contributed by atoms with E-state index in [2.05, 4.69) is 34.3 Å². The van der Waals surface area contributed by atoms with E-state index in [0.717, 1.165) is 41.5 Å². The minimum atomic E-state index is 0.457. The van der Waals surface area contributed by atoms with Crippen molar-refractivity contribution in [2.24, 2.45) is 0 Å². The summed E-state index contributed by atoms with van der Waals surface area (Å²) in [5.41, 5.74) is 3.23. The van der Waals surface area contributed by atoms with Crippen LogP contribution in [0.5, 0.6) is 5.75 Å². The molecule has 1 aliphatic rings. The minimum Gasteiger partial charge on any atom is -0.494 e. The van der Waals surface area contributed by atoms with Gasteiger partial charge in [-0.25, -0.2) is 9.97 Å². The second-order valence-electron chi connectivity index (χ2n) is 5.07. The second-order valence-corrected chi connectivity index (χ2v) is 5.07. The van der Waals surface area contributed by atoms with Crippen molar-refractivity contribution in [3.05, 3.63) is 41.9 Å². The third-order valence-corrected chi connectivity index (χ3v) is 3.59. The van der Waals surface area contributed by atoms with Gasteiger partial charge in [-0.2, -0.15) is 0 Å². The number of ether oxygens (including phenoxy) is 1. The van der Waals surface area contributed by atoms with Gasteiger partial charge in [-0.3, -0.25) is 0 Å². The molecule has 0 amide bonds. The highest BCUT2D eigenvalue weighted by atomic mass is 16.5. The molecule has 0 atom stereocenters. The zero-order valence-electron chi connectivity index (χ0n) is 11.9. The number of nitrogens with one attached hydrogen (secondary N) is 1. The topological polar surface area (TPSA) is 47.0 Å². The zero-order valence-corrected chi connectivity index (χ0v) is 11.9.